The monoisotopic (exact) mass is 299 g/mol. The van der Waals surface area contributed by atoms with Gasteiger partial charge in [0.1, 0.15) is 11.6 Å². The van der Waals surface area contributed by atoms with Crippen LogP contribution in [0.3, 0.4) is 0 Å². The van der Waals surface area contributed by atoms with Gasteiger partial charge in [-0.05, 0) is 35.4 Å². The Morgan fingerprint density at radius 2 is 1.95 bits per heavy atom. The summed E-state index contributed by atoms with van der Waals surface area (Å²) in [4.78, 5) is 2.78. The van der Waals surface area contributed by atoms with Crippen LogP contribution in [0.5, 0.6) is 0 Å². The molecule has 1 unspecified atom stereocenters. The lowest BCUT2D eigenvalue weighted by atomic mass is 10.0. The lowest BCUT2D eigenvalue weighted by Gasteiger charge is -2.06. The van der Waals surface area contributed by atoms with E-state index in [2.05, 4.69) is 15.1 Å². The summed E-state index contributed by atoms with van der Waals surface area (Å²) < 4.78 is 28.7. The SMILES string of the molecule is CC(N=[N+]=[N-])c1nn2ccccc2c1-c1cc(F)cc(F)c1. The molecule has 0 aliphatic rings. The molecule has 0 spiro atoms. The molecule has 0 amide bonds. The van der Waals surface area contributed by atoms with Gasteiger partial charge in [-0.15, -0.1) is 0 Å². The van der Waals surface area contributed by atoms with Gasteiger partial charge < -0.3 is 0 Å². The molecule has 0 aliphatic carbocycles. The van der Waals surface area contributed by atoms with Crippen LogP contribution in [0.4, 0.5) is 8.78 Å². The van der Waals surface area contributed by atoms with Crippen molar-refractivity contribution in [2.45, 2.75) is 13.0 Å². The Kier molecular flexibility index (Phi) is 3.48. The van der Waals surface area contributed by atoms with Crippen LogP contribution in [0.1, 0.15) is 18.7 Å². The number of hydrogen-bond donors (Lipinski definition) is 0. The third kappa shape index (κ3) is 2.38. The van der Waals surface area contributed by atoms with Gasteiger partial charge in [0.05, 0.1) is 17.3 Å². The van der Waals surface area contributed by atoms with Crippen LogP contribution in [0.15, 0.2) is 47.7 Å². The Balaban J connectivity index is 2.34. The standard InChI is InChI=1S/C15H11F2N5/c1-9(19-21-18)15-14(10-6-11(16)8-12(17)7-10)13-4-2-3-5-22(13)20-15/h2-9H,1H3. The lowest BCUT2D eigenvalue weighted by Crippen LogP contribution is -1.94. The Hall–Kier alpha value is -2.92. The van der Waals surface area contributed by atoms with E-state index in [1.807, 2.05) is 0 Å². The van der Waals surface area contributed by atoms with E-state index >= 15 is 0 Å². The zero-order valence-electron chi connectivity index (χ0n) is 11.6. The highest BCUT2D eigenvalue weighted by molar-refractivity contribution is 5.83. The second-order valence-electron chi connectivity index (χ2n) is 4.83. The van der Waals surface area contributed by atoms with Gasteiger partial charge in [0.15, 0.2) is 0 Å². The molecule has 0 saturated heterocycles. The summed E-state index contributed by atoms with van der Waals surface area (Å²) in [5, 5.41) is 8.01. The molecule has 2 heterocycles. The molecule has 0 aliphatic heterocycles. The molecule has 22 heavy (non-hydrogen) atoms. The number of pyridine rings is 1. The zero-order valence-corrected chi connectivity index (χ0v) is 11.6. The van der Waals surface area contributed by atoms with Gasteiger partial charge in [0.2, 0.25) is 0 Å². The largest absolute Gasteiger partial charge is 0.240 e. The molecule has 0 radical (unpaired) electrons. The third-order valence-corrected chi connectivity index (χ3v) is 3.34. The number of hydrogen-bond acceptors (Lipinski definition) is 2. The fraction of sp³-hybridized carbons (Fsp3) is 0.133. The molecule has 0 N–H and O–H groups in total. The molecular weight excluding hydrogens is 288 g/mol. The molecule has 5 nitrogen and oxygen atoms in total. The number of aromatic nitrogens is 2. The van der Waals surface area contributed by atoms with Crippen molar-refractivity contribution < 1.29 is 8.78 Å². The number of benzene rings is 1. The summed E-state index contributed by atoms with van der Waals surface area (Å²) in [5.41, 5.74) is 10.7. The van der Waals surface area contributed by atoms with Crippen molar-refractivity contribution in [3.05, 3.63) is 70.4 Å². The molecular formula is C15H11F2N5. The fourth-order valence-corrected chi connectivity index (χ4v) is 2.44. The zero-order chi connectivity index (χ0) is 15.7. The van der Waals surface area contributed by atoms with Crippen molar-refractivity contribution >= 4 is 5.52 Å². The first-order valence-corrected chi connectivity index (χ1v) is 6.58. The Labute approximate surface area is 124 Å². The highest BCUT2D eigenvalue weighted by Crippen LogP contribution is 2.34. The van der Waals surface area contributed by atoms with Crippen LogP contribution in [0.25, 0.3) is 27.1 Å². The fourth-order valence-electron chi connectivity index (χ4n) is 2.44. The van der Waals surface area contributed by atoms with Crippen molar-refractivity contribution in [1.82, 2.24) is 9.61 Å². The molecule has 0 saturated carbocycles. The first-order chi connectivity index (χ1) is 10.6. The first kappa shape index (κ1) is 14.0. The van der Waals surface area contributed by atoms with E-state index in [1.165, 1.54) is 12.1 Å². The normalized spacial score (nSPS) is 12.1. The van der Waals surface area contributed by atoms with Gasteiger partial charge in [-0.1, -0.05) is 18.1 Å². The summed E-state index contributed by atoms with van der Waals surface area (Å²) in [6.07, 6.45) is 1.72. The number of nitrogens with zero attached hydrogens (tertiary/aromatic N) is 5. The van der Waals surface area contributed by atoms with Crippen molar-refractivity contribution in [2.75, 3.05) is 0 Å². The van der Waals surface area contributed by atoms with Gasteiger partial charge in [0, 0.05) is 22.7 Å². The summed E-state index contributed by atoms with van der Waals surface area (Å²) in [6.45, 7) is 1.68. The summed E-state index contributed by atoms with van der Waals surface area (Å²) >= 11 is 0. The predicted molar refractivity (Wildman–Crippen MR) is 78.1 cm³/mol. The average Bonchev–Trinajstić information content (AvgIpc) is 2.86. The maximum absolute atomic E-state index is 13.6. The van der Waals surface area contributed by atoms with E-state index in [1.54, 1.807) is 35.8 Å². The molecule has 1 aromatic carbocycles. The molecule has 7 heteroatoms. The lowest BCUT2D eigenvalue weighted by molar-refractivity contribution is 0.584. The van der Waals surface area contributed by atoms with Gasteiger partial charge in [-0.3, -0.25) is 0 Å². The summed E-state index contributed by atoms with van der Waals surface area (Å²) in [7, 11) is 0. The number of azide groups is 1. The highest BCUT2D eigenvalue weighted by Gasteiger charge is 2.19. The minimum Gasteiger partial charge on any atom is -0.240 e. The molecule has 3 aromatic rings. The highest BCUT2D eigenvalue weighted by atomic mass is 19.1. The van der Waals surface area contributed by atoms with Gasteiger partial charge >= 0.3 is 0 Å². The molecule has 1 atom stereocenters. The third-order valence-electron chi connectivity index (χ3n) is 3.34. The van der Waals surface area contributed by atoms with Gasteiger partial charge in [-0.2, -0.15) is 5.10 Å². The maximum atomic E-state index is 13.6. The predicted octanol–water partition coefficient (Wildman–Crippen LogP) is 4.65. The van der Waals surface area contributed by atoms with Crippen LogP contribution in [0.2, 0.25) is 0 Å². The maximum Gasteiger partial charge on any atom is 0.126 e. The number of rotatable bonds is 3. The van der Waals surface area contributed by atoms with E-state index in [4.69, 9.17) is 5.53 Å². The molecule has 0 bridgehead atoms. The number of fused-ring (bicyclic) bond motifs is 1. The van der Waals surface area contributed by atoms with Crippen LogP contribution >= 0.6 is 0 Å². The van der Waals surface area contributed by atoms with E-state index in [0.717, 1.165) is 6.07 Å². The van der Waals surface area contributed by atoms with E-state index in [9.17, 15) is 8.78 Å². The molecule has 3 rings (SSSR count). The van der Waals surface area contributed by atoms with Crippen molar-refractivity contribution in [3.63, 3.8) is 0 Å². The molecule has 0 fully saturated rings. The second kappa shape index (κ2) is 5.46. The van der Waals surface area contributed by atoms with E-state index in [-0.39, 0.29) is 0 Å². The minimum atomic E-state index is -0.673. The number of halogens is 2. The summed E-state index contributed by atoms with van der Waals surface area (Å²) in [5.74, 6) is -1.35. The first-order valence-electron chi connectivity index (χ1n) is 6.58. The quantitative estimate of drug-likeness (QED) is 0.394. The van der Waals surface area contributed by atoms with Crippen molar-refractivity contribution in [3.8, 4) is 11.1 Å². The smallest absolute Gasteiger partial charge is 0.126 e. The van der Waals surface area contributed by atoms with Crippen molar-refractivity contribution in [1.29, 1.82) is 0 Å². The minimum absolute atomic E-state index is 0.355. The van der Waals surface area contributed by atoms with Crippen LogP contribution < -0.4 is 0 Å². The Morgan fingerprint density at radius 3 is 2.64 bits per heavy atom. The molecule has 110 valence electrons. The van der Waals surface area contributed by atoms with Crippen LogP contribution in [0, 0.1) is 11.6 Å². The summed E-state index contributed by atoms with van der Waals surface area (Å²) in [6, 6.07) is 8.10. The Bertz CT molecular complexity index is 876. The van der Waals surface area contributed by atoms with Gasteiger partial charge in [0.25, 0.3) is 0 Å². The molecule has 2 aromatic heterocycles. The van der Waals surface area contributed by atoms with Crippen LogP contribution in [-0.2, 0) is 0 Å². The topological polar surface area (TPSA) is 66.1 Å². The van der Waals surface area contributed by atoms with Gasteiger partial charge in [-0.25, -0.2) is 13.3 Å². The van der Waals surface area contributed by atoms with Crippen LogP contribution in [-0.4, -0.2) is 9.61 Å². The van der Waals surface area contributed by atoms with E-state index < -0.39 is 17.7 Å². The van der Waals surface area contributed by atoms with Crippen molar-refractivity contribution in [2.24, 2.45) is 5.11 Å². The second-order valence-corrected chi connectivity index (χ2v) is 4.83. The Morgan fingerprint density at radius 1 is 1.23 bits per heavy atom. The van der Waals surface area contributed by atoms with E-state index in [0.29, 0.717) is 22.3 Å². The average molecular weight is 299 g/mol.